The number of aromatic hydroxyl groups is 2. The Labute approximate surface area is 224 Å². The fraction of sp³-hybridized carbons (Fsp3) is 0.207. The zero-order chi connectivity index (χ0) is 27.8. The summed E-state index contributed by atoms with van der Waals surface area (Å²) >= 11 is 0. The van der Waals surface area contributed by atoms with E-state index in [1.165, 1.54) is 25.3 Å². The molecule has 0 fully saturated rings. The van der Waals surface area contributed by atoms with Gasteiger partial charge in [0.2, 0.25) is 5.91 Å². The molecule has 0 aliphatic carbocycles. The van der Waals surface area contributed by atoms with Crippen LogP contribution in [0.5, 0.6) is 11.5 Å². The zero-order valence-electron chi connectivity index (χ0n) is 21.2. The Kier molecular flexibility index (Phi) is 8.67. The first-order chi connectivity index (χ1) is 18.8. The van der Waals surface area contributed by atoms with Gasteiger partial charge in [0.1, 0.15) is 30.2 Å². The lowest BCUT2D eigenvalue weighted by molar-refractivity contribution is -0.145. The highest BCUT2D eigenvalue weighted by molar-refractivity contribution is 5.91. The normalized spacial score (nSPS) is 12.3. The summed E-state index contributed by atoms with van der Waals surface area (Å²) in [4.78, 5) is 41.8. The minimum Gasteiger partial charge on any atom is -0.508 e. The van der Waals surface area contributed by atoms with E-state index in [0.29, 0.717) is 16.5 Å². The first kappa shape index (κ1) is 27.1. The van der Waals surface area contributed by atoms with Gasteiger partial charge in [-0.3, -0.25) is 4.79 Å². The molecule has 39 heavy (non-hydrogen) atoms. The Morgan fingerprint density at radius 2 is 1.56 bits per heavy atom. The minimum atomic E-state index is -1.12. The second-order valence-electron chi connectivity index (χ2n) is 8.96. The number of esters is 1. The number of carbonyl (C=O) groups is 3. The Bertz CT molecular complexity index is 1430. The summed E-state index contributed by atoms with van der Waals surface area (Å²) in [7, 11) is 1.22. The van der Waals surface area contributed by atoms with Gasteiger partial charge in [0.15, 0.2) is 0 Å². The number of aromatic nitrogens is 1. The number of fused-ring (bicyclic) bond motifs is 1. The van der Waals surface area contributed by atoms with E-state index in [-0.39, 0.29) is 30.9 Å². The highest BCUT2D eigenvalue weighted by Crippen LogP contribution is 2.24. The van der Waals surface area contributed by atoms with E-state index < -0.39 is 30.1 Å². The molecule has 1 aromatic heterocycles. The molecule has 0 unspecified atom stereocenters. The molecular weight excluding hydrogens is 502 g/mol. The van der Waals surface area contributed by atoms with Gasteiger partial charge < -0.3 is 35.3 Å². The largest absolute Gasteiger partial charge is 0.508 e. The molecule has 0 radical (unpaired) electrons. The van der Waals surface area contributed by atoms with Crippen LogP contribution in [0, 0.1) is 0 Å². The van der Waals surface area contributed by atoms with Crippen molar-refractivity contribution in [2.24, 2.45) is 0 Å². The average Bonchev–Trinajstić information content (AvgIpc) is 3.34. The molecule has 202 valence electrons. The second kappa shape index (κ2) is 12.5. The number of ether oxygens (including phenoxy) is 2. The molecule has 4 aromatic rings. The van der Waals surface area contributed by atoms with E-state index in [1.54, 1.807) is 42.6 Å². The van der Waals surface area contributed by atoms with Gasteiger partial charge in [-0.1, -0.05) is 42.5 Å². The molecule has 10 heteroatoms. The number of aromatic amines is 1. The van der Waals surface area contributed by atoms with Crippen molar-refractivity contribution in [3.05, 3.63) is 95.7 Å². The monoisotopic (exact) mass is 531 g/mol. The third kappa shape index (κ3) is 7.29. The molecule has 2 amide bonds. The quantitative estimate of drug-likeness (QED) is 0.197. The van der Waals surface area contributed by atoms with Crippen LogP contribution in [0.3, 0.4) is 0 Å². The molecule has 5 N–H and O–H groups in total. The van der Waals surface area contributed by atoms with Crippen molar-refractivity contribution in [1.29, 1.82) is 0 Å². The summed E-state index contributed by atoms with van der Waals surface area (Å²) in [5.74, 6) is -1.17. The molecule has 0 saturated carbocycles. The van der Waals surface area contributed by atoms with Crippen molar-refractivity contribution in [2.45, 2.75) is 31.5 Å². The number of hydrogen-bond donors (Lipinski definition) is 5. The molecule has 0 bridgehead atoms. The number of hydrogen-bond acceptors (Lipinski definition) is 7. The molecule has 3 aromatic carbocycles. The maximum absolute atomic E-state index is 13.5. The molecule has 10 nitrogen and oxygen atoms in total. The number of phenols is 2. The fourth-order valence-electron chi connectivity index (χ4n) is 4.15. The van der Waals surface area contributed by atoms with Gasteiger partial charge >= 0.3 is 12.1 Å². The molecule has 0 saturated heterocycles. The average molecular weight is 532 g/mol. The Hall–Kier alpha value is -4.99. The summed E-state index contributed by atoms with van der Waals surface area (Å²) < 4.78 is 10.2. The molecular formula is C29H29N3O7. The maximum atomic E-state index is 13.5. The first-order valence-electron chi connectivity index (χ1n) is 12.2. The Balaban J connectivity index is 1.53. The molecule has 0 aliphatic rings. The fourth-order valence-corrected chi connectivity index (χ4v) is 4.15. The summed E-state index contributed by atoms with van der Waals surface area (Å²) in [5.41, 5.74) is 2.87. The smallest absolute Gasteiger partial charge is 0.408 e. The van der Waals surface area contributed by atoms with E-state index in [2.05, 4.69) is 15.6 Å². The number of carbonyl (C=O) groups excluding carboxylic acids is 3. The van der Waals surface area contributed by atoms with Crippen molar-refractivity contribution < 1.29 is 34.1 Å². The lowest BCUT2D eigenvalue weighted by Crippen LogP contribution is -2.53. The number of amides is 2. The van der Waals surface area contributed by atoms with Crippen molar-refractivity contribution in [3.63, 3.8) is 0 Å². The molecule has 4 rings (SSSR count). The highest BCUT2D eigenvalue weighted by Gasteiger charge is 2.29. The summed E-state index contributed by atoms with van der Waals surface area (Å²) in [6.45, 7) is 0.00755. The van der Waals surface area contributed by atoms with Crippen molar-refractivity contribution in [1.82, 2.24) is 15.6 Å². The van der Waals surface area contributed by atoms with Crippen LogP contribution >= 0.6 is 0 Å². The molecule has 0 spiro atoms. The van der Waals surface area contributed by atoms with Crippen molar-refractivity contribution in [2.75, 3.05) is 7.11 Å². The predicted molar refractivity (Wildman–Crippen MR) is 143 cm³/mol. The number of phenolic OH excluding ortho intramolecular Hbond substituents is 2. The first-order valence-corrected chi connectivity index (χ1v) is 12.2. The summed E-state index contributed by atoms with van der Waals surface area (Å²) in [6.07, 6.45) is 1.03. The van der Waals surface area contributed by atoms with Crippen molar-refractivity contribution in [3.8, 4) is 11.5 Å². The van der Waals surface area contributed by atoms with E-state index >= 15 is 0 Å². The summed E-state index contributed by atoms with van der Waals surface area (Å²) in [5, 5.41) is 25.5. The van der Waals surface area contributed by atoms with Gasteiger partial charge in [-0.05, 0) is 47.0 Å². The molecule has 2 atom stereocenters. The summed E-state index contributed by atoms with van der Waals surface area (Å²) in [6, 6.07) is 17.9. The third-order valence-electron chi connectivity index (χ3n) is 6.17. The van der Waals surface area contributed by atoms with Gasteiger partial charge in [0.25, 0.3) is 0 Å². The van der Waals surface area contributed by atoms with Crippen LogP contribution in [0.2, 0.25) is 0 Å². The zero-order valence-corrected chi connectivity index (χ0v) is 21.2. The number of methoxy groups -OCH3 is 1. The number of nitrogens with one attached hydrogen (secondary N) is 3. The second-order valence-corrected chi connectivity index (χ2v) is 8.96. The van der Waals surface area contributed by atoms with E-state index in [4.69, 9.17) is 9.47 Å². The third-order valence-corrected chi connectivity index (χ3v) is 6.17. The standard InChI is InChI=1S/C29H29N3O7/c1-38-28(36)26(13-18-7-9-21(33)10-8-18)31-27(35)25(32-29(37)39-17-19-5-3-2-4-6-19)14-20-16-30-24-12-11-22(34)15-23(20)24/h2-12,15-16,25-26,30,33-34H,13-14,17H2,1H3,(H,31,35)(H,32,37)/t25-,26-/m0/s1. The van der Waals surface area contributed by atoms with Crippen LogP contribution < -0.4 is 10.6 Å². The van der Waals surface area contributed by atoms with Crippen LogP contribution in [-0.2, 0) is 38.5 Å². The van der Waals surface area contributed by atoms with Gasteiger partial charge in [-0.25, -0.2) is 9.59 Å². The van der Waals surface area contributed by atoms with Crippen LogP contribution in [0.25, 0.3) is 10.9 Å². The van der Waals surface area contributed by atoms with Gasteiger partial charge in [-0.15, -0.1) is 0 Å². The SMILES string of the molecule is COC(=O)[C@H](Cc1ccc(O)cc1)NC(=O)[C@H](Cc1c[nH]c2ccc(O)cc12)NC(=O)OCc1ccccc1. The number of alkyl carbamates (subject to hydrolysis) is 1. The molecule has 0 aliphatic heterocycles. The minimum absolute atomic E-state index is 0.00755. The predicted octanol–water partition coefficient (Wildman–Crippen LogP) is 3.32. The van der Waals surface area contributed by atoms with Gasteiger partial charge in [-0.2, -0.15) is 0 Å². The van der Waals surface area contributed by atoms with Gasteiger partial charge in [0.05, 0.1) is 7.11 Å². The number of H-pyrrole nitrogens is 1. The van der Waals surface area contributed by atoms with Crippen molar-refractivity contribution >= 4 is 28.9 Å². The highest BCUT2D eigenvalue weighted by atomic mass is 16.5. The Morgan fingerprint density at radius 3 is 2.28 bits per heavy atom. The van der Waals surface area contributed by atoms with Crippen LogP contribution in [-0.4, -0.2) is 52.4 Å². The van der Waals surface area contributed by atoms with Crippen LogP contribution in [0.1, 0.15) is 16.7 Å². The Morgan fingerprint density at radius 1 is 0.846 bits per heavy atom. The number of rotatable bonds is 10. The van der Waals surface area contributed by atoms with E-state index in [0.717, 1.165) is 11.1 Å². The van der Waals surface area contributed by atoms with Crippen LogP contribution in [0.4, 0.5) is 4.79 Å². The van der Waals surface area contributed by atoms with E-state index in [9.17, 15) is 24.6 Å². The maximum Gasteiger partial charge on any atom is 0.408 e. The van der Waals surface area contributed by atoms with Gasteiger partial charge in [0, 0.05) is 29.9 Å². The topological polar surface area (TPSA) is 150 Å². The lowest BCUT2D eigenvalue weighted by atomic mass is 10.0. The molecule has 1 heterocycles. The van der Waals surface area contributed by atoms with Crippen LogP contribution in [0.15, 0.2) is 79.0 Å². The lowest BCUT2D eigenvalue weighted by Gasteiger charge is -2.22. The van der Waals surface area contributed by atoms with E-state index in [1.807, 2.05) is 18.2 Å². The number of benzene rings is 3.